The van der Waals surface area contributed by atoms with E-state index >= 15 is 0 Å². The van der Waals surface area contributed by atoms with Crippen molar-refractivity contribution in [2.75, 3.05) is 6.54 Å². The fourth-order valence-electron chi connectivity index (χ4n) is 5.23. The first-order valence-corrected chi connectivity index (χ1v) is 12.7. The Morgan fingerprint density at radius 2 is 1.94 bits per heavy atom. The van der Waals surface area contributed by atoms with Gasteiger partial charge in [-0.15, -0.1) is 11.3 Å². The van der Waals surface area contributed by atoms with E-state index in [2.05, 4.69) is 9.88 Å². The van der Waals surface area contributed by atoms with Crippen LogP contribution < -0.4 is 5.32 Å². The van der Waals surface area contributed by atoms with E-state index in [0.717, 1.165) is 58.1 Å². The van der Waals surface area contributed by atoms with Crippen LogP contribution in [0.3, 0.4) is 0 Å². The first kappa shape index (κ1) is 22.9. The molecule has 0 saturated carbocycles. The summed E-state index contributed by atoms with van der Waals surface area (Å²) < 4.78 is 2.11. The van der Waals surface area contributed by atoms with Crippen LogP contribution in [0.25, 0.3) is 0 Å². The van der Waals surface area contributed by atoms with Gasteiger partial charge < -0.3 is 9.88 Å². The molecule has 6 nitrogen and oxygen atoms in total. The second-order valence-electron chi connectivity index (χ2n) is 9.07. The van der Waals surface area contributed by atoms with Crippen LogP contribution in [-0.4, -0.2) is 33.7 Å². The summed E-state index contributed by atoms with van der Waals surface area (Å²) in [5.41, 5.74) is 3.39. The number of halogens is 1. The molecular weight excluding hydrogens is 470 g/mol. The van der Waals surface area contributed by atoms with Crippen molar-refractivity contribution in [2.24, 2.45) is 0 Å². The monoisotopic (exact) mass is 495 g/mol. The lowest BCUT2D eigenvalue weighted by Gasteiger charge is -2.31. The summed E-state index contributed by atoms with van der Waals surface area (Å²) in [6.45, 7) is 4.34. The number of carbonyl (C=O) groups excluding carboxylic acids is 3. The largest absolute Gasteiger partial charge is 0.348 e. The molecule has 1 N–H and O–H groups in total. The first-order valence-electron chi connectivity index (χ1n) is 11.5. The molecule has 34 heavy (non-hydrogen) atoms. The molecule has 3 aromatic rings. The molecule has 176 valence electrons. The predicted molar refractivity (Wildman–Crippen MR) is 133 cm³/mol. The number of hydrogen-bond donors (Lipinski definition) is 1. The number of Topliss-reactive ketones (excluding diaryl/α,β-unsaturated/α-hetero) is 1. The Morgan fingerprint density at radius 3 is 2.71 bits per heavy atom. The van der Waals surface area contributed by atoms with Gasteiger partial charge >= 0.3 is 6.03 Å². The molecule has 1 saturated heterocycles. The average Bonchev–Trinajstić information content (AvgIpc) is 3.47. The summed E-state index contributed by atoms with van der Waals surface area (Å²) in [7, 11) is 0. The van der Waals surface area contributed by atoms with Gasteiger partial charge in [0.05, 0.1) is 6.54 Å². The van der Waals surface area contributed by atoms with Crippen LogP contribution >= 0.6 is 22.9 Å². The number of imide groups is 1. The standard InChI is InChI=1S/C26H26ClN3O3S/c1-16-14-20(17(2)29(16)12-9-18-5-7-19(27)8-6-18)22(31)15-30-24(32)26(28-25(30)33)11-3-4-23-21(26)10-13-34-23/h5-8,10,13-14H,3-4,9,11-12,15H2,1-2H3,(H,28,33)/t26-/m0/s1. The number of hydrogen-bond acceptors (Lipinski definition) is 4. The van der Waals surface area contributed by atoms with Gasteiger partial charge in [-0.2, -0.15) is 0 Å². The fraction of sp³-hybridized carbons (Fsp3) is 0.346. The van der Waals surface area contributed by atoms with Gasteiger partial charge in [0.2, 0.25) is 0 Å². The molecule has 1 aliphatic heterocycles. The number of nitrogens with one attached hydrogen (secondary N) is 1. The molecule has 1 spiro atoms. The van der Waals surface area contributed by atoms with Crippen LogP contribution in [0.4, 0.5) is 4.79 Å². The van der Waals surface area contributed by atoms with Crippen molar-refractivity contribution in [1.82, 2.24) is 14.8 Å². The summed E-state index contributed by atoms with van der Waals surface area (Å²) in [4.78, 5) is 41.8. The van der Waals surface area contributed by atoms with E-state index in [-0.39, 0.29) is 18.2 Å². The van der Waals surface area contributed by atoms with Crippen molar-refractivity contribution >= 4 is 40.7 Å². The molecular formula is C26H26ClN3O3S. The van der Waals surface area contributed by atoms with Crippen molar-refractivity contribution in [3.8, 4) is 0 Å². The minimum Gasteiger partial charge on any atom is -0.348 e. The number of nitrogens with zero attached hydrogens (tertiary/aromatic N) is 2. The number of rotatable bonds is 6. The lowest BCUT2D eigenvalue weighted by Crippen LogP contribution is -2.46. The minimum absolute atomic E-state index is 0.229. The molecule has 1 fully saturated rings. The number of aryl methyl sites for hydroxylation is 3. The lowest BCUT2D eigenvalue weighted by atomic mass is 9.80. The lowest BCUT2D eigenvalue weighted by molar-refractivity contribution is -0.131. The zero-order chi connectivity index (χ0) is 24.0. The zero-order valence-corrected chi connectivity index (χ0v) is 20.8. The predicted octanol–water partition coefficient (Wildman–Crippen LogP) is 5.03. The Bertz CT molecular complexity index is 1290. The van der Waals surface area contributed by atoms with Gasteiger partial charge in [0.1, 0.15) is 5.54 Å². The third-order valence-corrected chi connectivity index (χ3v) is 8.28. The van der Waals surface area contributed by atoms with E-state index in [1.54, 1.807) is 11.3 Å². The summed E-state index contributed by atoms with van der Waals surface area (Å²) in [6, 6.07) is 11.0. The van der Waals surface area contributed by atoms with Crippen molar-refractivity contribution in [2.45, 2.75) is 51.6 Å². The summed E-state index contributed by atoms with van der Waals surface area (Å²) in [6.07, 6.45) is 3.11. The van der Waals surface area contributed by atoms with Gasteiger partial charge in [-0.1, -0.05) is 23.7 Å². The van der Waals surface area contributed by atoms with Crippen LogP contribution in [0.15, 0.2) is 41.8 Å². The number of ketones is 1. The van der Waals surface area contributed by atoms with Gasteiger partial charge in [0.25, 0.3) is 5.91 Å². The van der Waals surface area contributed by atoms with Crippen LogP contribution in [0.2, 0.25) is 5.02 Å². The number of benzene rings is 1. The van der Waals surface area contributed by atoms with E-state index in [9.17, 15) is 14.4 Å². The summed E-state index contributed by atoms with van der Waals surface area (Å²) in [5, 5.41) is 5.59. The maximum atomic E-state index is 13.4. The van der Waals surface area contributed by atoms with E-state index in [1.165, 1.54) is 0 Å². The first-order chi connectivity index (χ1) is 16.3. The van der Waals surface area contributed by atoms with Crippen LogP contribution in [0, 0.1) is 13.8 Å². The highest BCUT2D eigenvalue weighted by Crippen LogP contribution is 2.42. The highest BCUT2D eigenvalue weighted by Gasteiger charge is 2.54. The van der Waals surface area contributed by atoms with Gasteiger partial charge in [-0.3, -0.25) is 14.5 Å². The molecule has 8 heteroatoms. The molecule has 5 rings (SSSR count). The molecule has 1 aliphatic carbocycles. The van der Waals surface area contributed by atoms with Crippen molar-refractivity contribution in [3.63, 3.8) is 0 Å². The summed E-state index contributed by atoms with van der Waals surface area (Å²) >= 11 is 7.59. The third kappa shape index (κ3) is 3.77. The molecule has 0 unspecified atom stereocenters. The van der Waals surface area contributed by atoms with Crippen LogP contribution in [0.5, 0.6) is 0 Å². The SMILES string of the molecule is Cc1cc(C(=O)CN2C(=O)N[C@]3(CCCc4sccc43)C2=O)c(C)n1CCc1ccc(Cl)cc1. The highest BCUT2D eigenvalue weighted by molar-refractivity contribution is 7.10. The molecule has 2 aliphatic rings. The van der Waals surface area contributed by atoms with Crippen LogP contribution in [-0.2, 0) is 29.7 Å². The van der Waals surface area contributed by atoms with Crippen LogP contribution in [0.1, 0.15) is 50.6 Å². The van der Waals surface area contributed by atoms with Gasteiger partial charge in [0.15, 0.2) is 5.78 Å². The minimum atomic E-state index is -1.03. The fourth-order valence-corrected chi connectivity index (χ4v) is 6.36. The number of amides is 3. The maximum absolute atomic E-state index is 13.4. The number of thiophene rings is 1. The Kier molecular flexibility index (Phi) is 5.86. The highest BCUT2D eigenvalue weighted by atomic mass is 35.5. The van der Waals surface area contributed by atoms with Crippen molar-refractivity contribution < 1.29 is 14.4 Å². The molecule has 2 aromatic heterocycles. The molecule has 1 atom stereocenters. The molecule has 0 radical (unpaired) electrons. The Hall–Kier alpha value is -2.90. The second-order valence-corrected chi connectivity index (χ2v) is 10.5. The molecule has 0 bridgehead atoms. The van der Waals surface area contributed by atoms with E-state index in [4.69, 9.17) is 11.6 Å². The summed E-state index contributed by atoms with van der Waals surface area (Å²) in [5.74, 6) is -0.547. The quantitative estimate of drug-likeness (QED) is 0.385. The maximum Gasteiger partial charge on any atom is 0.325 e. The van der Waals surface area contributed by atoms with Crippen molar-refractivity contribution in [3.05, 3.63) is 79.8 Å². The normalized spacial score (nSPS) is 19.6. The number of fused-ring (bicyclic) bond motifs is 2. The molecule has 1 aromatic carbocycles. The Morgan fingerprint density at radius 1 is 1.18 bits per heavy atom. The molecule has 3 heterocycles. The number of urea groups is 1. The van der Waals surface area contributed by atoms with E-state index in [1.807, 2.05) is 55.6 Å². The number of carbonyl (C=O) groups is 3. The molecule has 3 amide bonds. The second kappa shape index (κ2) is 8.71. The number of aromatic nitrogens is 1. The van der Waals surface area contributed by atoms with Gasteiger partial charge in [0, 0.05) is 39.0 Å². The van der Waals surface area contributed by atoms with Gasteiger partial charge in [-0.25, -0.2) is 4.79 Å². The third-order valence-electron chi connectivity index (χ3n) is 7.05. The Labute approximate surface area is 207 Å². The zero-order valence-electron chi connectivity index (χ0n) is 19.2. The van der Waals surface area contributed by atoms with E-state index in [0.29, 0.717) is 17.0 Å². The van der Waals surface area contributed by atoms with Crippen molar-refractivity contribution in [1.29, 1.82) is 0 Å². The average molecular weight is 496 g/mol. The topological polar surface area (TPSA) is 71.4 Å². The van der Waals surface area contributed by atoms with Gasteiger partial charge in [-0.05, 0) is 74.7 Å². The Balaban J connectivity index is 1.33. The smallest absolute Gasteiger partial charge is 0.325 e. The van der Waals surface area contributed by atoms with E-state index < -0.39 is 11.6 Å².